The second-order valence-electron chi connectivity index (χ2n) is 8.05. The van der Waals surface area contributed by atoms with E-state index < -0.39 is 11.8 Å². The summed E-state index contributed by atoms with van der Waals surface area (Å²) in [6.07, 6.45) is 1.69. The zero-order valence-electron chi connectivity index (χ0n) is 18.5. The molecule has 8 nitrogen and oxygen atoms in total. The van der Waals surface area contributed by atoms with E-state index in [0.29, 0.717) is 51.7 Å². The number of hydrogen-bond donors (Lipinski definition) is 4. The summed E-state index contributed by atoms with van der Waals surface area (Å²) in [6.45, 7) is 4.00. The van der Waals surface area contributed by atoms with Gasteiger partial charge in [-0.2, -0.15) is 0 Å². The van der Waals surface area contributed by atoms with Crippen LogP contribution in [0.2, 0.25) is 0 Å². The molecular weight excluding hydrogens is 435 g/mol. The molecule has 3 heterocycles. The third-order valence-electron chi connectivity index (χ3n) is 5.57. The molecule has 2 aromatic carbocycles. The number of nitrogens with zero attached hydrogens (tertiary/aromatic N) is 2. The van der Waals surface area contributed by atoms with E-state index >= 15 is 4.39 Å². The van der Waals surface area contributed by atoms with Gasteiger partial charge in [-0.1, -0.05) is 12.1 Å². The molecule has 5 rings (SSSR count). The number of imidazole rings is 1. The standard InChI is InChI=1S/C25H21FN6O2/c1-13-4-3-5-21(29-13)32-25(34)31-15-6-7-17(20(26)10-15)16-8-9-18(23-27-11-14(2)30-23)22-19(16)12-28-24(22)33/h3-11H,12H2,1-2H3,(H,27,30)(H,28,33)(H2,29,31,32,34). The van der Waals surface area contributed by atoms with Gasteiger partial charge in [0.1, 0.15) is 17.5 Å². The Morgan fingerprint density at radius 3 is 2.56 bits per heavy atom. The fourth-order valence-corrected chi connectivity index (χ4v) is 4.05. The molecule has 3 amide bonds. The third-order valence-corrected chi connectivity index (χ3v) is 5.57. The van der Waals surface area contributed by atoms with Gasteiger partial charge >= 0.3 is 6.03 Å². The van der Waals surface area contributed by atoms with Gasteiger partial charge in [0, 0.05) is 40.9 Å². The average Bonchev–Trinajstić information content (AvgIpc) is 3.40. The first-order valence-electron chi connectivity index (χ1n) is 10.7. The highest BCUT2D eigenvalue weighted by atomic mass is 19.1. The van der Waals surface area contributed by atoms with Crippen LogP contribution in [0.15, 0.2) is 54.7 Å². The highest BCUT2D eigenvalue weighted by Crippen LogP contribution is 2.36. The summed E-state index contributed by atoms with van der Waals surface area (Å²) in [5.41, 5.74) is 4.74. The van der Waals surface area contributed by atoms with Gasteiger partial charge in [0.2, 0.25) is 0 Å². The second kappa shape index (κ2) is 8.43. The Morgan fingerprint density at radius 2 is 1.82 bits per heavy atom. The van der Waals surface area contributed by atoms with E-state index in [1.165, 1.54) is 6.07 Å². The van der Waals surface area contributed by atoms with E-state index in [0.717, 1.165) is 11.4 Å². The highest BCUT2D eigenvalue weighted by molar-refractivity contribution is 6.06. The number of carbonyl (C=O) groups is 2. The van der Waals surface area contributed by atoms with Gasteiger partial charge in [0.15, 0.2) is 0 Å². The van der Waals surface area contributed by atoms with Crippen LogP contribution >= 0.6 is 0 Å². The molecule has 170 valence electrons. The Labute approximate surface area is 194 Å². The van der Waals surface area contributed by atoms with Crippen molar-refractivity contribution < 1.29 is 14.0 Å². The SMILES string of the molecule is Cc1cccc(NC(=O)Nc2ccc(-c3ccc(-c4ncc(C)[nH]4)c4c3CNC4=O)c(F)c2)n1. The fourth-order valence-electron chi connectivity index (χ4n) is 4.05. The first-order valence-corrected chi connectivity index (χ1v) is 10.7. The van der Waals surface area contributed by atoms with Gasteiger partial charge in [-0.15, -0.1) is 0 Å². The Bertz CT molecular complexity index is 1450. The lowest BCUT2D eigenvalue weighted by molar-refractivity contribution is 0.0966. The van der Waals surface area contributed by atoms with Gasteiger partial charge in [-0.25, -0.2) is 19.2 Å². The molecule has 4 aromatic rings. The van der Waals surface area contributed by atoms with E-state index in [4.69, 9.17) is 0 Å². The second-order valence-corrected chi connectivity index (χ2v) is 8.05. The number of pyridine rings is 1. The Balaban J connectivity index is 1.43. The first kappa shape index (κ1) is 21.3. The molecule has 0 bridgehead atoms. The molecule has 0 aliphatic carbocycles. The number of benzene rings is 2. The average molecular weight is 456 g/mol. The summed E-state index contributed by atoms with van der Waals surface area (Å²) in [5.74, 6) is 0.247. The minimum absolute atomic E-state index is 0.221. The molecule has 0 saturated carbocycles. The summed E-state index contributed by atoms with van der Waals surface area (Å²) in [5, 5.41) is 8.06. The first-order chi connectivity index (χ1) is 16.4. The van der Waals surface area contributed by atoms with Crippen molar-refractivity contribution in [3.05, 3.63) is 83.1 Å². The summed E-state index contributed by atoms with van der Waals surface area (Å²) in [7, 11) is 0. The van der Waals surface area contributed by atoms with Gasteiger partial charge in [0.25, 0.3) is 5.91 Å². The van der Waals surface area contributed by atoms with E-state index in [1.807, 2.05) is 19.9 Å². The van der Waals surface area contributed by atoms with Crippen LogP contribution in [0.1, 0.15) is 27.3 Å². The number of H-pyrrole nitrogens is 1. The maximum atomic E-state index is 15.2. The summed E-state index contributed by atoms with van der Waals surface area (Å²) in [4.78, 5) is 36.5. The predicted molar refractivity (Wildman–Crippen MR) is 127 cm³/mol. The van der Waals surface area contributed by atoms with Crippen LogP contribution < -0.4 is 16.0 Å². The molecule has 0 saturated heterocycles. The summed E-state index contributed by atoms with van der Waals surface area (Å²) >= 11 is 0. The van der Waals surface area contributed by atoms with E-state index in [-0.39, 0.29) is 5.91 Å². The lowest BCUT2D eigenvalue weighted by Gasteiger charge is -2.13. The van der Waals surface area contributed by atoms with Crippen molar-refractivity contribution in [3.8, 4) is 22.5 Å². The third kappa shape index (κ3) is 3.99. The largest absolute Gasteiger partial charge is 0.348 e. The van der Waals surface area contributed by atoms with Gasteiger partial charge in [0.05, 0.1) is 5.56 Å². The molecule has 34 heavy (non-hydrogen) atoms. The normalized spacial score (nSPS) is 12.3. The Kier molecular flexibility index (Phi) is 5.29. The van der Waals surface area contributed by atoms with Gasteiger partial charge in [-0.05, 0) is 61.4 Å². The van der Waals surface area contributed by atoms with Crippen molar-refractivity contribution >= 4 is 23.4 Å². The van der Waals surface area contributed by atoms with Crippen LogP contribution in [0.3, 0.4) is 0 Å². The minimum Gasteiger partial charge on any atom is -0.348 e. The van der Waals surface area contributed by atoms with Crippen LogP contribution in [-0.2, 0) is 6.54 Å². The minimum atomic E-state index is -0.529. The molecular formula is C25H21FN6O2. The van der Waals surface area contributed by atoms with E-state index in [9.17, 15) is 9.59 Å². The van der Waals surface area contributed by atoms with Crippen LogP contribution in [0.4, 0.5) is 20.7 Å². The van der Waals surface area contributed by atoms with Crippen LogP contribution in [-0.4, -0.2) is 26.9 Å². The van der Waals surface area contributed by atoms with Crippen LogP contribution in [0.25, 0.3) is 22.5 Å². The lowest BCUT2D eigenvalue weighted by Crippen LogP contribution is -2.20. The number of urea groups is 1. The monoisotopic (exact) mass is 456 g/mol. The quantitative estimate of drug-likeness (QED) is 0.354. The molecule has 9 heteroatoms. The number of aromatic nitrogens is 3. The molecule has 0 atom stereocenters. The number of fused-ring (bicyclic) bond motifs is 1. The maximum absolute atomic E-state index is 15.2. The number of carbonyl (C=O) groups excluding carboxylic acids is 2. The molecule has 2 aromatic heterocycles. The van der Waals surface area contributed by atoms with Crippen molar-refractivity contribution in [2.45, 2.75) is 20.4 Å². The van der Waals surface area contributed by atoms with Gasteiger partial charge in [-0.3, -0.25) is 10.1 Å². The van der Waals surface area contributed by atoms with Crippen molar-refractivity contribution in [2.75, 3.05) is 10.6 Å². The molecule has 0 unspecified atom stereocenters. The Hall–Kier alpha value is -4.53. The number of anilines is 2. The number of halogens is 1. The van der Waals surface area contributed by atoms with E-state index in [2.05, 4.69) is 30.9 Å². The molecule has 1 aliphatic rings. The smallest absolute Gasteiger partial charge is 0.324 e. The van der Waals surface area contributed by atoms with E-state index in [1.54, 1.807) is 42.6 Å². The molecule has 0 radical (unpaired) electrons. The molecule has 0 fully saturated rings. The molecule has 4 N–H and O–H groups in total. The lowest BCUT2D eigenvalue weighted by atomic mass is 9.92. The number of hydrogen-bond acceptors (Lipinski definition) is 4. The molecule has 1 aliphatic heterocycles. The zero-order chi connectivity index (χ0) is 23.8. The highest BCUT2D eigenvalue weighted by Gasteiger charge is 2.28. The number of aromatic amines is 1. The van der Waals surface area contributed by atoms with Crippen LogP contribution in [0.5, 0.6) is 0 Å². The predicted octanol–water partition coefficient (Wildman–Crippen LogP) is 4.78. The molecule has 0 spiro atoms. The fraction of sp³-hybridized carbons (Fsp3) is 0.120. The van der Waals surface area contributed by atoms with Crippen molar-refractivity contribution in [1.29, 1.82) is 0 Å². The maximum Gasteiger partial charge on any atom is 0.324 e. The summed E-state index contributed by atoms with van der Waals surface area (Å²) < 4.78 is 15.2. The Morgan fingerprint density at radius 1 is 1.03 bits per heavy atom. The van der Waals surface area contributed by atoms with Crippen molar-refractivity contribution in [2.24, 2.45) is 0 Å². The number of aryl methyl sites for hydroxylation is 2. The zero-order valence-corrected chi connectivity index (χ0v) is 18.5. The number of amides is 3. The topological polar surface area (TPSA) is 112 Å². The number of rotatable bonds is 4. The summed E-state index contributed by atoms with van der Waals surface area (Å²) in [6, 6.07) is 12.7. The van der Waals surface area contributed by atoms with Gasteiger partial charge < -0.3 is 15.6 Å². The number of nitrogens with one attached hydrogen (secondary N) is 4. The van der Waals surface area contributed by atoms with Crippen molar-refractivity contribution in [3.63, 3.8) is 0 Å². The van der Waals surface area contributed by atoms with Crippen LogP contribution in [0, 0.1) is 19.7 Å². The van der Waals surface area contributed by atoms with Crippen molar-refractivity contribution in [1.82, 2.24) is 20.3 Å².